The van der Waals surface area contributed by atoms with Crippen molar-refractivity contribution in [3.8, 4) is 11.4 Å². The van der Waals surface area contributed by atoms with Gasteiger partial charge in [0.15, 0.2) is 5.78 Å². The fraction of sp³-hybridized carbons (Fsp3) is 0.115. The summed E-state index contributed by atoms with van der Waals surface area (Å²) < 4.78 is 13.5. The van der Waals surface area contributed by atoms with Gasteiger partial charge in [0.25, 0.3) is 0 Å². The molecule has 2 aromatic carbocycles. The first-order chi connectivity index (χ1) is 14.7. The lowest BCUT2D eigenvalue weighted by Gasteiger charge is -2.05. The molecule has 0 fully saturated rings. The molecule has 0 atom stereocenters. The number of ketones is 1. The van der Waals surface area contributed by atoms with Gasteiger partial charge in [-0.2, -0.15) is 0 Å². The zero-order valence-electron chi connectivity index (χ0n) is 16.8. The van der Waals surface area contributed by atoms with Gasteiger partial charge in [0.2, 0.25) is 0 Å². The molecular weight excluding hydrogens is 374 g/mol. The normalized spacial score (nSPS) is 11.1. The summed E-state index contributed by atoms with van der Waals surface area (Å²) in [4.78, 5) is 12.5. The van der Waals surface area contributed by atoms with Gasteiger partial charge in [-0.25, -0.2) is 0 Å². The second kappa shape index (κ2) is 9.14. The monoisotopic (exact) mass is 397 g/mol. The summed E-state index contributed by atoms with van der Waals surface area (Å²) >= 11 is 0. The van der Waals surface area contributed by atoms with Crippen molar-refractivity contribution in [1.29, 1.82) is 0 Å². The van der Waals surface area contributed by atoms with Gasteiger partial charge < -0.3 is 13.7 Å². The predicted molar refractivity (Wildman–Crippen MR) is 118 cm³/mol. The molecule has 4 rings (SSSR count). The van der Waals surface area contributed by atoms with E-state index < -0.39 is 0 Å². The van der Waals surface area contributed by atoms with E-state index in [9.17, 15) is 4.79 Å². The SMILES string of the molecule is CCc1ccc(OCc2ccc(/C=C/C(=O)c3cccc(-n4cccc4)c3)o2)cc1. The van der Waals surface area contributed by atoms with Crippen LogP contribution in [0.2, 0.25) is 0 Å². The Balaban J connectivity index is 1.37. The Bertz CT molecular complexity index is 1140. The van der Waals surface area contributed by atoms with Crippen LogP contribution in [0.5, 0.6) is 5.75 Å². The summed E-state index contributed by atoms with van der Waals surface area (Å²) in [6.45, 7) is 2.46. The zero-order chi connectivity index (χ0) is 20.8. The Hall–Kier alpha value is -3.79. The van der Waals surface area contributed by atoms with E-state index in [1.807, 2.05) is 77.6 Å². The van der Waals surface area contributed by atoms with Crippen molar-refractivity contribution in [3.63, 3.8) is 0 Å². The van der Waals surface area contributed by atoms with E-state index in [0.29, 0.717) is 23.7 Å². The van der Waals surface area contributed by atoms with Gasteiger partial charge in [0.1, 0.15) is 23.9 Å². The average molecular weight is 397 g/mol. The third-order valence-corrected chi connectivity index (χ3v) is 4.83. The van der Waals surface area contributed by atoms with E-state index >= 15 is 0 Å². The van der Waals surface area contributed by atoms with Crippen LogP contribution in [0.3, 0.4) is 0 Å². The number of hydrogen-bond donors (Lipinski definition) is 0. The number of aromatic nitrogens is 1. The van der Waals surface area contributed by atoms with Gasteiger partial charge >= 0.3 is 0 Å². The number of ether oxygens (including phenoxy) is 1. The molecule has 30 heavy (non-hydrogen) atoms. The first-order valence-electron chi connectivity index (χ1n) is 9.97. The quantitative estimate of drug-likeness (QED) is 0.266. The van der Waals surface area contributed by atoms with E-state index in [-0.39, 0.29) is 5.78 Å². The van der Waals surface area contributed by atoms with Gasteiger partial charge in [0, 0.05) is 23.6 Å². The number of carbonyl (C=O) groups is 1. The highest BCUT2D eigenvalue weighted by Gasteiger charge is 2.06. The molecule has 0 amide bonds. The van der Waals surface area contributed by atoms with Crippen molar-refractivity contribution >= 4 is 11.9 Å². The smallest absolute Gasteiger partial charge is 0.186 e. The van der Waals surface area contributed by atoms with Crippen molar-refractivity contribution in [3.05, 3.63) is 114 Å². The van der Waals surface area contributed by atoms with E-state index in [4.69, 9.17) is 9.15 Å². The Morgan fingerprint density at radius 3 is 2.57 bits per heavy atom. The first-order valence-corrected chi connectivity index (χ1v) is 9.97. The van der Waals surface area contributed by atoms with Crippen molar-refractivity contribution in [2.75, 3.05) is 0 Å². The van der Waals surface area contributed by atoms with Crippen LogP contribution in [0, 0.1) is 0 Å². The fourth-order valence-corrected chi connectivity index (χ4v) is 3.12. The molecule has 4 heteroatoms. The summed E-state index contributed by atoms with van der Waals surface area (Å²) in [5.74, 6) is 2.05. The van der Waals surface area contributed by atoms with Gasteiger partial charge in [0.05, 0.1) is 0 Å². The number of nitrogens with zero attached hydrogens (tertiary/aromatic N) is 1. The lowest BCUT2D eigenvalue weighted by molar-refractivity contribution is 0.104. The predicted octanol–water partition coefficient (Wildman–Crippen LogP) is 6.11. The number of carbonyl (C=O) groups excluding carboxylic acids is 1. The van der Waals surface area contributed by atoms with Crippen LogP contribution in [-0.2, 0) is 13.0 Å². The molecule has 0 N–H and O–H groups in total. The lowest BCUT2D eigenvalue weighted by Crippen LogP contribution is -1.97. The van der Waals surface area contributed by atoms with E-state index in [0.717, 1.165) is 17.9 Å². The zero-order valence-corrected chi connectivity index (χ0v) is 16.8. The van der Waals surface area contributed by atoms with Crippen LogP contribution >= 0.6 is 0 Å². The molecule has 0 unspecified atom stereocenters. The fourth-order valence-electron chi connectivity index (χ4n) is 3.12. The third kappa shape index (κ3) is 4.78. The number of furan rings is 1. The van der Waals surface area contributed by atoms with Gasteiger partial charge in [-0.3, -0.25) is 4.79 Å². The Morgan fingerprint density at radius 1 is 1.00 bits per heavy atom. The highest BCUT2D eigenvalue weighted by molar-refractivity contribution is 6.06. The topological polar surface area (TPSA) is 44.4 Å². The van der Waals surface area contributed by atoms with E-state index in [2.05, 4.69) is 19.1 Å². The molecule has 0 aliphatic carbocycles. The van der Waals surface area contributed by atoms with Crippen molar-refractivity contribution in [1.82, 2.24) is 4.57 Å². The molecule has 0 aliphatic rings. The Kier molecular flexibility index (Phi) is 5.95. The Labute approximate surface area is 176 Å². The van der Waals surface area contributed by atoms with E-state index in [1.54, 1.807) is 6.08 Å². The summed E-state index contributed by atoms with van der Waals surface area (Å²) in [6, 6.07) is 23.2. The molecule has 0 spiro atoms. The summed E-state index contributed by atoms with van der Waals surface area (Å²) in [6.07, 6.45) is 8.11. The maximum Gasteiger partial charge on any atom is 0.186 e. The minimum absolute atomic E-state index is 0.0748. The van der Waals surface area contributed by atoms with Crippen LogP contribution in [-0.4, -0.2) is 10.4 Å². The third-order valence-electron chi connectivity index (χ3n) is 4.83. The molecule has 150 valence electrons. The van der Waals surface area contributed by atoms with E-state index in [1.165, 1.54) is 11.6 Å². The molecular formula is C26H23NO3. The minimum atomic E-state index is -0.0748. The maximum absolute atomic E-state index is 12.5. The first kappa shape index (κ1) is 19.5. The summed E-state index contributed by atoms with van der Waals surface area (Å²) in [7, 11) is 0. The maximum atomic E-state index is 12.5. The number of hydrogen-bond acceptors (Lipinski definition) is 3. The highest BCUT2D eigenvalue weighted by atomic mass is 16.5. The van der Waals surface area contributed by atoms with Crippen molar-refractivity contribution < 1.29 is 13.9 Å². The Morgan fingerprint density at radius 2 is 1.80 bits per heavy atom. The van der Waals surface area contributed by atoms with Crippen LogP contribution in [0.25, 0.3) is 11.8 Å². The van der Waals surface area contributed by atoms with Crippen LogP contribution in [0.15, 0.2) is 95.7 Å². The minimum Gasteiger partial charge on any atom is -0.486 e. The molecule has 0 saturated carbocycles. The number of allylic oxidation sites excluding steroid dienone is 1. The molecule has 0 saturated heterocycles. The number of rotatable bonds is 8. The summed E-state index contributed by atoms with van der Waals surface area (Å²) in [5.41, 5.74) is 2.85. The molecule has 0 bridgehead atoms. The number of aryl methyl sites for hydroxylation is 1. The van der Waals surface area contributed by atoms with Gasteiger partial charge in [-0.1, -0.05) is 31.2 Å². The largest absolute Gasteiger partial charge is 0.486 e. The van der Waals surface area contributed by atoms with Crippen molar-refractivity contribution in [2.24, 2.45) is 0 Å². The van der Waals surface area contributed by atoms with Gasteiger partial charge in [-0.15, -0.1) is 0 Å². The standard InChI is InChI=1S/C26H23NO3/c1-2-20-8-10-23(11-9-20)29-19-25-13-12-24(30-25)14-15-26(28)21-6-5-7-22(18-21)27-16-3-4-17-27/h3-18H,2,19H2,1H3/b15-14+. The average Bonchev–Trinajstić information content (AvgIpc) is 3.49. The summed E-state index contributed by atoms with van der Waals surface area (Å²) in [5, 5.41) is 0. The molecule has 2 heterocycles. The highest BCUT2D eigenvalue weighted by Crippen LogP contribution is 2.17. The molecule has 0 aliphatic heterocycles. The van der Waals surface area contributed by atoms with Crippen LogP contribution in [0.1, 0.15) is 34.4 Å². The second-order valence-electron chi connectivity index (χ2n) is 6.93. The lowest BCUT2D eigenvalue weighted by atomic mass is 10.1. The molecule has 0 radical (unpaired) electrons. The van der Waals surface area contributed by atoms with Crippen LogP contribution in [0.4, 0.5) is 0 Å². The number of benzene rings is 2. The second-order valence-corrected chi connectivity index (χ2v) is 6.93. The van der Waals surface area contributed by atoms with Crippen LogP contribution < -0.4 is 4.74 Å². The van der Waals surface area contributed by atoms with Gasteiger partial charge in [-0.05, 0) is 72.7 Å². The molecule has 4 nitrogen and oxygen atoms in total. The molecule has 4 aromatic rings. The molecule has 2 aromatic heterocycles. The van der Waals surface area contributed by atoms with Crippen molar-refractivity contribution in [2.45, 2.75) is 20.0 Å².